The molecule has 0 spiro atoms. The molecule has 4 nitrogen and oxygen atoms in total. The Morgan fingerprint density at radius 1 is 0.613 bits per heavy atom. The molecule has 2 N–H and O–H groups in total. The average molecular weight is 400 g/mol. The van der Waals surface area contributed by atoms with Crippen LogP contribution in [0.25, 0.3) is 33.2 Å². The third kappa shape index (κ3) is 3.91. The number of azo groups is 1. The molecule has 4 aromatic carbocycles. The quantitative estimate of drug-likeness (QED) is 0.250. The summed E-state index contributed by atoms with van der Waals surface area (Å²) in [7, 11) is 0. The fourth-order valence-corrected chi connectivity index (χ4v) is 3.59. The molecule has 5 aromatic rings. The summed E-state index contributed by atoms with van der Waals surface area (Å²) in [5.41, 5.74) is 12.5. The van der Waals surface area contributed by atoms with Gasteiger partial charge >= 0.3 is 0 Å². The van der Waals surface area contributed by atoms with Crippen LogP contribution in [0, 0.1) is 0 Å². The smallest absolute Gasteiger partial charge is 0.109 e. The lowest BCUT2D eigenvalue weighted by molar-refractivity contribution is 1.20. The number of nitrogen functional groups attached to an aromatic ring is 1. The highest BCUT2D eigenvalue weighted by Crippen LogP contribution is 2.32. The molecular weight excluding hydrogens is 380 g/mol. The van der Waals surface area contributed by atoms with E-state index in [9.17, 15) is 0 Å². The third-order valence-corrected chi connectivity index (χ3v) is 5.23. The lowest BCUT2D eigenvalue weighted by atomic mass is 10.0. The lowest BCUT2D eigenvalue weighted by Crippen LogP contribution is -1.87. The van der Waals surface area contributed by atoms with Gasteiger partial charge in [-0.3, -0.25) is 4.98 Å². The van der Waals surface area contributed by atoms with Crippen LogP contribution in [-0.4, -0.2) is 4.98 Å². The molecule has 0 atom stereocenters. The minimum Gasteiger partial charge on any atom is -0.396 e. The van der Waals surface area contributed by atoms with Gasteiger partial charge in [0.1, 0.15) is 11.4 Å². The number of nitrogens with zero attached hydrogens (tertiary/aromatic N) is 3. The van der Waals surface area contributed by atoms with Crippen molar-refractivity contribution in [3.63, 3.8) is 0 Å². The largest absolute Gasteiger partial charge is 0.396 e. The molecule has 1 aromatic heterocycles. The predicted octanol–water partition coefficient (Wildman–Crippen LogP) is 7.57. The second-order valence-corrected chi connectivity index (χ2v) is 7.27. The van der Waals surface area contributed by atoms with Gasteiger partial charge in [-0.2, -0.15) is 0 Å². The average Bonchev–Trinajstić information content (AvgIpc) is 2.85. The Kier molecular flexibility index (Phi) is 4.95. The van der Waals surface area contributed by atoms with E-state index in [1.165, 1.54) is 5.56 Å². The van der Waals surface area contributed by atoms with Gasteiger partial charge < -0.3 is 5.73 Å². The Balaban J connectivity index is 1.39. The SMILES string of the molecule is Nc1c(N=Nc2ccc(-c3cccc(-c4ccccc4)c3)nc2)ccc2ccccc12. The van der Waals surface area contributed by atoms with Crippen LogP contribution in [0.3, 0.4) is 0 Å². The maximum absolute atomic E-state index is 6.28. The van der Waals surface area contributed by atoms with Gasteiger partial charge in [0.2, 0.25) is 0 Å². The summed E-state index contributed by atoms with van der Waals surface area (Å²) in [6.07, 6.45) is 1.73. The van der Waals surface area contributed by atoms with Crippen molar-refractivity contribution >= 4 is 27.8 Å². The van der Waals surface area contributed by atoms with Crippen molar-refractivity contribution < 1.29 is 0 Å². The Morgan fingerprint density at radius 3 is 2.23 bits per heavy atom. The standard InChI is InChI=1S/C27H20N4/c28-27-24-12-5-4-9-20(24)13-15-26(27)31-30-23-14-16-25(29-18-23)22-11-6-10-21(17-22)19-7-2-1-3-8-19/h1-18H,28H2. The van der Waals surface area contributed by atoms with E-state index < -0.39 is 0 Å². The predicted molar refractivity (Wildman–Crippen MR) is 128 cm³/mol. The van der Waals surface area contributed by atoms with Crippen molar-refractivity contribution in [2.75, 3.05) is 5.73 Å². The summed E-state index contributed by atoms with van der Waals surface area (Å²) >= 11 is 0. The fourth-order valence-electron chi connectivity index (χ4n) is 3.59. The number of nitrogens with two attached hydrogens (primary N) is 1. The topological polar surface area (TPSA) is 63.6 Å². The molecule has 4 heteroatoms. The van der Waals surface area contributed by atoms with E-state index >= 15 is 0 Å². The van der Waals surface area contributed by atoms with Crippen molar-refractivity contribution in [2.45, 2.75) is 0 Å². The monoisotopic (exact) mass is 400 g/mol. The molecular formula is C27H20N4. The third-order valence-electron chi connectivity index (χ3n) is 5.23. The zero-order chi connectivity index (χ0) is 21.0. The van der Waals surface area contributed by atoms with Gasteiger partial charge in [0.25, 0.3) is 0 Å². The summed E-state index contributed by atoms with van der Waals surface area (Å²) in [5.74, 6) is 0. The number of hydrogen-bond acceptors (Lipinski definition) is 4. The van der Waals surface area contributed by atoms with E-state index in [4.69, 9.17) is 5.73 Å². The van der Waals surface area contributed by atoms with E-state index in [0.29, 0.717) is 17.1 Å². The van der Waals surface area contributed by atoms with Crippen molar-refractivity contribution in [3.05, 3.63) is 109 Å². The fraction of sp³-hybridized carbons (Fsp3) is 0. The summed E-state index contributed by atoms with van der Waals surface area (Å²) in [4.78, 5) is 4.58. The second kappa shape index (κ2) is 8.20. The van der Waals surface area contributed by atoms with Crippen LogP contribution in [0.4, 0.5) is 17.1 Å². The van der Waals surface area contributed by atoms with Crippen molar-refractivity contribution in [1.29, 1.82) is 0 Å². The van der Waals surface area contributed by atoms with Crippen LogP contribution in [0.2, 0.25) is 0 Å². The van der Waals surface area contributed by atoms with Crippen molar-refractivity contribution in [2.24, 2.45) is 10.2 Å². The summed E-state index contributed by atoms with van der Waals surface area (Å²) < 4.78 is 0. The number of benzene rings is 4. The molecule has 0 bridgehead atoms. The molecule has 31 heavy (non-hydrogen) atoms. The normalized spacial score (nSPS) is 11.2. The Hall–Kier alpha value is -4.31. The zero-order valence-corrected chi connectivity index (χ0v) is 16.8. The van der Waals surface area contributed by atoms with Crippen LogP contribution in [0.5, 0.6) is 0 Å². The molecule has 0 aliphatic heterocycles. The van der Waals surface area contributed by atoms with Crippen molar-refractivity contribution in [1.82, 2.24) is 4.98 Å². The van der Waals surface area contributed by atoms with Gasteiger partial charge in [-0.05, 0) is 40.8 Å². The number of pyridine rings is 1. The summed E-state index contributed by atoms with van der Waals surface area (Å²) in [6.45, 7) is 0. The van der Waals surface area contributed by atoms with Crippen LogP contribution in [-0.2, 0) is 0 Å². The van der Waals surface area contributed by atoms with E-state index in [-0.39, 0.29) is 0 Å². The highest BCUT2D eigenvalue weighted by molar-refractivity contribution is 5.98. The van der Waals surface area contributed by atoms with Gasteiger partial charge in [-0.15, -0.1) is 10.2 Å². The first-order valence-electron chi connectivity index (χ1n) is 10.1. The first kappa shape index (κ1) is 18.7. The molecule has 148 valence electrons. The number of rotatable bonds is 4. The molecule has 0 saturated carbocycles. The van der Waals surface area contributed by atoms with Gasteiger partial charge in [0.15, 0.2) is 0 Å². The van der Waals surface area contributed by atoms with Gasteiger partial charge in [0, 0.05) is 10.9 Å². The highest BCUT2D eigenvalue weighted by Gasteiger charge is 2.05. The Bertz CT molecular complexity index is 1370. The molecule has 1 heterocycles. The maximum atomic E-state index is 6.28. The zero-order valence-electron chi connectivity index (χ0n) is 16.8. The van der Waals surface area contributed by atoms with Gasteiger partial charge in [-0.1, -0.05) is 78.9 Å². The molecule has 0 radical (unpaired) electrons. The van der Waals surface area contributed by atoms with Crippen LogP contribution in [0.1, 0.15) is 0 Å². The molecule has 0 fully saturated rings. The van der Waals surface area contributed by atoms with Crippen LogP contribution in [0.15, 0.2) is 120 Å². The first-order valence-corrected chi connectivity index (χ1v) is 10.1. The highest BCUT2D eigenvalue weighted by atomic mass is 15.1. The maximum Gasteiger partial charge on any atom is 0.109 e. The summed E-state index contributed by atoms with van der Waals surface area (Å²) in [5, 5.41) is 10.7. The van der Waals surface area contributed by atoms with E-state index in [1.54, 1.807) is 6.20 Å². The second-order valence-electron chi connectivity index (χ2n) is 7.27. The minimum absolute atomic E-state index is 0.629. The van der Waals surface area contributed by atoms with E-state index in [1.807, 2.05) is 66.7 Å². The molecule has 0 aliphatic carbocycles. The van der Waals surface area contributed by atoms with E-state index in [0.717, 1.165) is 27.6 Å². The first-order chi connectivity index (χ1) is 15.3. The van der Waals surface area contributed by atoms with Crippen LogP contribution >= 0.6 is 0 Å². The molecule has 0 saturated heterocycles. The molecule has 5 rings (SSSR count). The van der Waals surface area contributed by atoms with Crippen LogP contribution < -0.4 is 5.73 Å². The number of hydrogen-bond donors (Lipinski definition) is 1. The van der Waals surface area contributed by atoms with Crippen molar-refractivity contribution in [3.8, 4) is 22.4 Å². The summed E-state index contributed by atoms with van der Waals surface area (Å²) in [6, 6.07) is 34.4. The van der Waals surface area contributed by atoms with Gasteiger partial charge in [-0.25, -0.2) is 0 Å². The molecule has 0 unspecified atom stereocenters. The molecule has 0 aliphatic rings. The minimum atomic E-state index is 0.629. The van der Waals surface area contributed by atoms with E-state index in [2.05, 4.69) is 51.6 Å². The number of fused-ring (bicyclic) bond motifs is 1. The Labute approximate surface area is 180 Å². The number of aromatic nitrogens is 1. The molecule has 0 amide bonds. The lowest BCUT2D eigenvalue weighted by Gasteiger charge is -2.06. The Morgan fingerprint density at radius 2 is 1.39 bits per heavy atom. The van der Waals surface area contributed by atoms with Gasteiger partial charge in [0.05, 0.1) is 17.6 Å². The number of anilines is 1.